The van der Waals surface area contributed by atoms with Crippen molar-refractivity contribution in [3.05, 3.63) is 52.7 Å². The SMILES string of the molecule is CC(NC(=O)CSc1nnc(-c2ccco2)n1C1CCCCC1)c1ccc(Br)cc1. The second kappa shape index (κ2) is 9.83. The third-order valence-corrected chi connectivity index (χ3v) is 6.90. The maximum atomic E-state index is 12.6. The van der Waals surface area contributed by atoms with Crippen LogP contribution in [0.4, 0.5) is 0 Å². The Labute approximate surface area is 189 Å². The van der Waals surface area contributed by atoms with E-state index in [0.29, 0.717) is 17.6 Å². The van der Waals surface area contributed by atoms with Gasteiger partial charge in [-0.2, -0.15) is 0 Å². The van der Waals surface area contributed by atoms with E-state index < -0.39 is 0 Å². The molecule has 2 heterocycles. The Balaban J connectivity index is 1.45. The zero-order chi connectivity index (χ0) is 20.9. The second-order valence-electron chi connectivity index (χ2n) is 7.57. The van der Waals surface area contributed by atoms with Crippen molar-refractivity contribution >= 4 is 33.6 Å². The Kier molecular flexibility index (Phi) is 6.94. The molecule has 4 rings (SSSR count). The number of halogens is 1. The molecule has 1 fully saturated rings. The van der Waals surface area contributed by atoms with Crippen molar-refractivity contribution in [1.29, 1.82) is 0 Å². The zero-order valence-corrected chi connectivity index (χ0v) is 19.3. The Hall–Kier alpha value is -2.06. The lowest BCUT2D eigenvalue weighted by Crippen LogP contribution is -2.28. The number of rotatable bonds is 7. The summed E-state index contributed by atoms with van der Waals surface area (Å²) in [6, 6.07) is 12.0. The van der Waals surface area contributed by atoms with Gasteiger partial charge in [0.2, 0.25) is 11.7 Å². The van der Waals surface area contributed by atoms with Crippen LogP contribution in [-0.2, 0) is 4.79 Å². The third kappa shape index (κ3) is 4.98. The number of hydrogen-bond donors (Lipinski definition) is 1. The fourth-order valence-corrected chi connectivity index (χ4v) is 4.95. The van der Waals surface area contributed by atoms with E-state index >= 15 is 0 Å². The average Bonchev–Trinajstić information content (AvgIpc) is 3.43. The topological polar surface area (TPSA) is 73.0 Å². The number of aromatic nitrogens is 3. The fraction of sp³-hybridized carbons (Fsp3) is 0.409. The van der Waals surface area contributed by atoms with Crippen molar-refractivity contribution < 1.29 is 9.21 Å². The molecule has 1 aliphatic carbocycles. The van der Waals surface area contributed by atoms with Crippen LogP contribution in [0.25, 0.3) is 11.6 Å². The molecule has 0 saturated heterocycles. The molecule has 1 saturated carbocycles. The Bertz CT molecular complexity index is 966. The summed E-state index contributed by atoms with van der Waals surface area (Å²) in [7, 11) is 0. The first kappa shape index (κ1) is 21.2. The molecule has 2 aromatic heterocycles. The van der Waals surface area contributed by atoms with Gasteiger partial charge < -0.3 is 9.73 Å². The minimum Gasteiger partial charge on any atom is -0.461 e. The van der Waals surface area contributed by atoms with Crippen molar-refractivity contribution in [2.24, 2.45) is 0 Å². The quantitative estimate of drug-likeness (QED) is 0.427. The molecule has 0 radical (unpaired) electrons. The molecular weight excluding hydrogens is 464 g/mol. The van der Waals surface area contributed by atoms with Crippen LogP contribution < -0.4 is 5.32 Å². The van der Waals surface area contributed by atoms with Crippen LogP contribution in [0.15, 0.2) is 56.7 Å². The van der Waals surface area contributed by atoms with Crippen molar-refractivity contribution in [3.8, 4) is 11.6 Å². The van der Waals surface area contributed by atoms with Gasteiger partial charge in [0, 0.05) is 10.5 Å². The van der Waals surface area contributed by atoms with Crippen molar-refractivity contribution in [1.82, 2.24) is 20.1 Å². The summed E-state index contributed by atoms with van der Waals surface area (Å²) < 4.78 is 8.78. The molecule has 6 nitrogen and oxygen atoms in total. The van der Waals surface area contributed by atoms with Crippen LogP contribution in [0.3, 0.4) is 0 Å². The number of benzene rings is 1. The maximum Gasteiger partial charge on any atom is 0.230 e. The molecule has 8 heteroatoms. The largest absolute Gasteiger partial charge is 0.461 e. The van der Waals surface area contributed by atoms with Crippen LogP contribution in [0, 0.1) is 0 Å². The monoisotopic (exact) mass is 488 g/mol. The van der Waals surface area contributed by atoms with Gasteiger partial charge in [0.25, 0.3) is 0 Å². The lowest BCUT2D eigenvalue weighted by Gasteiger charge is -2.25. The first-order chi connectivity index (χ1) is 14.6. The van der Waals surface area contributed by atoms with Crippen LogP contribution in [-0.4, -0.2) is 26.4 Å². The molecular formula is C22H25BrN4O2S. The summed E-state index contributed by atoms with van der Waals surface area (Å²) in [6.07, 6.45) is 7.54. The van der Waals surface area contributed by atoms with Gasteiger partial charge in [0.1, 0.15) is 0 Å². The van der Waals surface area contributed by atoms with E-state index in [1.54, 1.807) is 6.26 Å². The minimum absolute atomic E-state index is 0.0202. The van der Waals surface area contributed by atoms with E-state index in [2.05, 4.69) is 36.0 Å². The van der Waals surface area contributed by atoms with E-state index in [9.17, 15) is 4.79 Å². The molecule has 0 aliphatic heterocycles. The smallest absolute Gasteiger partial charge is 0.230 e. The van der Waals surface area contributed by atoms with Gasteiger partial charge in [-0.3, -0.25) is 9.36 Å². The summed E-state index contributed by atoms with van der Waals surface area (Å²) >= 11 is 4.87. The van der Waals surface area contributed by atoms with Crippen molar-refractivity contribution in [3.63, 3.8) is 0 Å². The van der Waals surface area contributed by atoms with E-state index in [4.69, 9.17) is 4.42 Å². The summed E-state index contributed by atoms with van der Waals surface area (Å²) in [4.78, 5) is 12.6. The number of carbonyl (C=O) groups excluding carboxylic acids is 1. The van der Waals surface area contributed by atoms with E-state index in [0.717, 1.165) is 33.9 Å². The summed E-state index contributed by atoms with van der Waals surface area (Å²) in [6.45, 7) is 1.99. The molecule has 1 atom stereocenters. The van der Waals surface area contributed by atoms with Crippen LogP contribution in [0.2, 0.25) is 0 Å². The normalized spacial score (nSPS) is 15.8. The maximum absolute atomic E-state index is 12.6. The first-order valence-corrected chi connectivity index (χ1v) is 12.1. The molecule has 0 spiro atoms. The average molecular weight is 489 g/mol. The Morgan fingerprint density at radius 1 is 1.23 bits per heavy atom. The Morgan fingerprint density at radius 3 is 2.70 bits per heavy atom. The number of amides is 1. The lowest BCUT2D eigenvalue weighted by atomic mass is 9.95. The van der Waals surface area contributed by atoms with Gasteiger partial charge in [0.15, 0.2) is 10.9 Å². The molecule has 0 bridgehead atoms. The van der Waals surface area contributed by atoms with Gasteiger partial charge in [0.05, 0.1) is 18.1 Å². The van der Waals surface area contributed by atoms with Gasteiger partial charge in [-0.25, -0.2) is 0 Å². The predicted molar refractivity (Wildman–Crippen MR) is 121 cm³/mol. The van der Waals surface area contributed by atoms with Crippen molar-refractivity contribution in [2.75, 3.05) is 5.75 Å². The second-order valence-corrected chi connectivity index (χ2v) is 9.43. The fourth-order valence-electron chi connectivity index (χ4n) is 3.87. The summed E-state index contributed by atoms with van der Waals surface area (Å²) in [5, 5.41) is 12.6. The number of nitrogens with one attached hydrogen (secondary N) is 1. The van der Waals surface area contributed by atoms with Crippen molar-refractivity contribution in [2.45, 2.75) is 56.3 Å². The standard InChI is InChI=1S/C22H25BrN4O2S/c1-15(16-9-11-17(23)12-10-16)24-20(28)14-30-22-26-25-21(19-8-5-13-29-19)27(22)18-6-3-2-4-7-18/h5,8-13,15,18H,2-4,6-7,14H2,1H3,(H,24,28). The van der Waals surface area contributed by atoms with Crippen LogP contribution >= 0.6 is 27.7 Å². The number of furan rings is 1. The Morgan fingerprint density at radius 2 is 2.00 bits per heavy atom. The molecule has 1 aromatic carbocycles. The molecule has 1 amide bonds. The van der Waals surface area contributed by atoms with E-state index in [-0.39, 0.29) is 11.9 Å². The molecule has 1 aliphatic rings. The van der Waals surface area contributed by atoms with E-state index in [1.807, 2.05) is 43.3 Å². The van der Waals surface area contributed by atoms with Gasteiger partial charge in [-0.05, 0) is 49.6 Å². The first-order valence-electron chi connectivity index (χ1n) is 10.3. The summed E-state index contributed by atoms with van der Waals surface area (Å²) in [5.41, 5.74) is 1.07. The van der Waals surface area contributed by atoms with Gasteiger partial charge >= 0.3 is 0 Å². The van der Waals surface area contributed by atoms with Crippen LogP contribution in [0.1, 0.15) is 56.7 Å². The minimum atomic E-state index is -0.0545. The van der Waals surface area contributed by atoms with Crippen LogP contribution in [0.5, 0.6) is 0 Å². The molecule has 30 heavy (non-hydrogen) atoms. The highest BCUT2D eigenvalue weighted by Gasteiger charge is 2.25. The molecule has 158 valence electrons. The van der Waals surface area contributed by atoms with E-state index in [1.165, 1.54) is 31.0 Å². The number of thioether (sulfide) groups is 1. The molecule has 1 N–H and O–H groups in total. The van der Waals surface area contributed by atoms with Gasteiger partial charge in [-0.15, -0.1) is 10.2 Å². The predicted octanol–water partition coefficient (Wildman–Crippen LogP) is 5.78. The molecule has 3 aromatic rings. The zero-order valence-electron chi connectivity index (χ0n) is 16.9. The number of carbonyl (C=O) groups is 1. The number of hydrogen-bond acceptors (Lipinski definition) is 5. The highest BCUT2D eigenvalue weighted by molar-refractivity contribution is 9.10. The molecule has 1 unspecified atom stereocenters. The number of nitrogens with zero attached hydrogens (tertiary/aromatic N) is 3. The highest BCUT2D eigenvalue weighted by Crippen LogP contribution is 2.35. The third-order valence-electron chi connectivity index (χ3n) is 5.43. The van der Waals surface area contributed by atoms with Gasteiger partial charge in [-0.1, -0.05) is 59.1 Å². The lowest BCUT2D eigenvalue weighted by molar-refractivity contribution is -0.119. The highest BCUT2D eigenvalue weighted by atomic mass is 79.9. The summed E-state index contributed by atoms with van der Waals surface area (Å²) in [5.74, 6) is 1.74.